The van der Waals surface area contributed by atoms with E-state index >= 15 is 0 Å². The molecule has 20 heavy (non-hydrogen) atoms. The number of nitrogens with one attached hydrogen (secondary N) is 1. The van der Waals surface area contributed by atoms with Gasteiger partial charge in [0.05, 0.1) is 0 Å². The first-order chi connectivity index (χ1) is 9.49. The molecule has 0 bridgehead atoms. The monoisotopic (exact) mass is 285 g/mol. The Hall–Kier alpha value is -1.03. The molecule has 1 N–H and O–H groups in total. The van der Waals surface area contributed by atoms with Gasteiger partial charge in [-0.1, -0.05) is 37.6 Å². The third-order valence-electron chi connectivity index (χ3n) is 4.06. The predicted octanol–water partition coefficient (Wildman–Crippen LogP) is 4.95. The predicted molar refractivity (Wildman–Crippen MR) is 74.7 cm³/mol. The van der Waals surface area contributed by atoms with E-state index < -0.39 is 12.6 Å². The standard InChI is InChI=1S/C16H22F3N/c1-2-20-15(9-10-16(17,18)19)14-8-4-7-13(11-14)12-5-3-6-12/h4,7-8,11-12,15,20H,2-3,5-6,9-10H2,1H3. The minimum atomic E-state index is -4.08. The zero-order valence-corrected chi connectivity index (χ0v) is 11.8. The van der Waals surface area contributed by atoms with Crippen molar-refractivity contribution >= 4 is 0 Å². The summed E-state index contributed by atoms with van der Waals surface area (Å²) in [7, 11) is 0. The van der Waals surface area contributed by atoms with Gasteiger partial charge in [0, 0.05) is 12.5 Å². The van der Waals surface area contributed by atoms with Gasteiger partial charge in [-0.2, -0.15) is 13.2 Å². The summed E-state index contributed by atoms with van der Waals surface area (Å²) in [6, 6.07) is 7.89. The van der Waals surface area contributed by atoms with Crippen LogP contribution in [0.25, 0.3) is 0 Å². The van der Waals surface area contributed by atoms with Crippen LogP contribution in [0.5, 0.6) is 0 Å². The number of rotatable bonds is 6. The molecule has 1 unspecified atom stereocenters. The fourth-order valence-corrected chi connectivity index (χ4v) is 2.71. The van der Waals surface area contributed by atoms with Crippen molar-refractivity contribution in [3.8, 4) is 0 Å². The second-order valence-corrected chi connectivity index (χ2v) is 5.56. The normalized spacial score (nSPS) is 17.8. The zero-order valence-electron chi connectivity index (χ0n) is 11.8. The second-order valence-electron chi connectivity index (χ2n) is 5.56. The summed E-state index contributed by atoms with van der Waals surface area (Å²) in [4.78, 5) is 0. The number of halogens is 3. The highest BCUT2D eigenvalue weighted by molar-refractivity contribution is 5.29. The molecule has 1 aliphatic rings. The summed E-state index contributed by atoms with van der Waals surface area (Å²) in [6.45, 7) is 2.60. The van der Waals surface area contributed by atoms with Crippen molar-refractivity contribution in [2.45, 2.75) is 57.2 Å². The summed E-state index contributed by atoms with van der Waals surface area (Å²) in [5.41, 5.74) is 2.27. The van der Waals surface area contributed by atoms with Crippen molar-refractivity contribution in [1.29, 1.82) is 0 Å². The van der Waals surface area contributed by atoms with Crippen LogP contribution in [0.4, 0.5) is 13.2 Å². The molecule has 0 amide bonds. The molecule has 0 aliphatic heterocycles. The molecule has 1 aromatic carbocycles. The minimum absolute atomic E-state index is 0.103. The third-order valence-corrected chi connectivity index (χ3v) is 4.06. The number of hydrogen-bond donors (Lipinski definition) is 1. The van der Waals surface area contributed by atoms with Gasteiger partial charge in [-0.3, -0.25) is 0 Å². The zero-order chi connectivity index (χ0) is 14.6. The maximum Gasteiger partial charge on any atom is 0.389 e. The summed E-state index contributed by atoms with van der Waals surface area (Å²) >= 11 is 0. The Bertz CT molecular complexity index is 424. The topological polar surface area (TPSA) is 12.0 Å². The first kappa shape index (κ1) is 15.4. The summed E-state index contributed by atoms with van der Waals surface area (Å²) in [6.07, 6.45) is -1.04. The Kier molecular flexibility index (Phi) is 5.08. The van der Waals surface area contributed by atoms with E-state index in [1.807, 2.05) is 19.1 Å². The average Bonchev–Trinajstić information content (AvgIpc) is 2.31. The lowest BCUT2D eigenvalue weighted by molar-refractivity contribution is -0.136. The average molecular weight is 285 g/mol. The van der Waals surface area contributed by atoms with Crippen molar-refractivity contribution in [1.82, 2.24) is 5.32 Å². The van der Waals surface area contributed by atoms with Crippen LogP contribution in [0.2, 0.25) is 0 Å². The van der Waals surface area contributed by atoms with Gasteiger partial charge in [-0.25, -0.2) is 0 Å². The highest BCUT2D eigenvalue weighted by atomic mass is 19.4. The summed E-state index contributed by atoms with van der Waals surface area (Å²) in [5, 5.41) is 3.17. The molecular weight excluding hydrogens is 263 g/mol. The SMILES string of the molecule is CCNC(CCC(F)(F)F)c1cccc(C2CCC2)c1. The van der Waals surface area contributed by atoms with Gasteiger partial charge in [0.2, 0.25) is 0 Å². The fourth-order valence-electron chi connectivity index (χ4n) is 2.71. The Morgan fingerprint density at radius 1 is 1.30 bits per heavy atom. The number of hydrogen-bond acceptors (Lipinski definition) is 1. The van der Waals surface area contributed by atoms with Crippen LogP contribution in [0.3, 0.4) is 0 Å². The van der Waals surface area contributed by atoms with Gasteiger partial charge in [0.1, 0.15) is 0 Å². The van der Waals surface area contributed by atoms with E-state index in [1.165, 1.54) is 24.8 Å². The van der Waals surface area contributed by atoms with Gasteiger partial charge >= 0.3 is 6.18 Å². The highest BCUT2D eigenvalue weighted by Crippen LogP contribution is 2.37. The molecule has 0 saturated heterocycles. The third kappa shape index (κ3) is 4.23. The Labute approximate surface area is 118 Å². The molecule has 1 aromatic rings. The Morgan fingerprint density at radius 2 is 2.05 bits per heavy atom. The van der Waals surface area contributed by atoms with Crippen molar-refractivity contribution in [3.63, 3.8) is 0 Å². The first-order valence-corrected chi connectivity index (χ1v) is 7.39. The van der Waals surface area contributed by atoms with Gasteiger partial charge in [0.25, 0.3) is 0 Å². The van der Waals surface area contributed by atoms with E-state index in [0.29, 0.717) is 12.5 Å². The molecule has 1 aliphatic carbocycles. The number of benzene rings is 1. The van der Waals surface area contributed by atoms with Gasteiger partial charge in [-0.15, -0.1) is 0 Å². The molecule has 112 valence electrons. The van der Waals surface area contributed by atoms with E-state index in [0.717, 1.165) is 5.56 Å². The van der Waals surface area contributed by atoms with Crippen LogP contribution in [0, 0.1) is 0 Å². The Morgan fingerprint density at radius 3 is 2.60 bits per heavy atom. The molecule has 2 rings (SSSR count). The van der Waals surface area contributed by atoms with Crippen LogP contribution >= 0.6 is 0 Å². The van der Waals surface area contributed by atoms with Gasteiger partial charge < -0.3 is 5.32 Å². The summed E-state index contributed by atoms with van der Waals surface area (Å²) in [5.74, 6) is 0.611. The molecule has 0 aromatic heterocycles. The lowest BCUT2D eigenvalue weighted by Gasteiger charge is -2.27. The first-order valence-electron chi connectivity index (χ1n) is 7.39. The Balaban J connectivity index is 2.07. The van der Waals surface area contributed by atoms with Crippen LogP contribution in [-0.2, 0) is 0 Å². The van der Waals surface area contributed by atoms with Crippen LogP contribution in [0.1, 0.15) is 62.1 Å². The molecule has 4 heteroatoms. The van der Waals surface area contributed by atoms with Crippen molar-refractivity contribution in [2.75, 3.05) is 6.54 Å². The van der Waals surface area contributed by atoms with Crippen LogP contribution in [-0.4, -0.2) is 12.7 Å². The van der Waals surface area contributed by atoms with Crippen LogP contribution < -0.4 is 5.32 Å². The summed E-state index contributed by atoms with van der Waals surface area (Å²) < 4.78 is 37.2. The van der Waals surface area contributed by atoms with E-state index in [9.17, 15) is 13.2 Å². The highest BCUT2D eigenvalue weighted by Gasteiger charge is 2.29. The quantitative estimate of drug-likeness (QED) is 0.780. The molecule has 1 saturated carbocycles. The minimum Gasteiger partial charge on any atom is -0.310 e. The molecular formula is C16H22F3N. The van der Waals surface area contributed by atoms with Crippen molar-refractivity contribution in [3.05, 3.63) is 35.4 Å². The fraction of sp³-hybridized carbons (Fsp3) is 0.625. The smallest absolute Gasteiger partial charge is 0.310 e. The second kappa shape index (κ2) is 6.61. The van der Waals surface area contributed by atoms with Crippen LogP contribution in [0.15, 0.2) is 24.3 Å². The molecule has 1 nitrogen and oxygen atoms in total. The van der Waals surface area contributed by atoms with Gasteiger partial charge in [-0.05, 0) is 42.9 Å². The van der Waals surface area contributed by atoms with Crippen molar-refractivity contribution < 1.29 is 13.2 Å². The van der Waals surface area contributed by atoms with Crippen molar-refractivity contribution in [2.24, 2.45) is 0 Å². The molecule has 1 fully saturated rings. The van der Waals surface area contributed by atoms with E-state index in [1.54, 1.807) is 0 Å². The lowest BCUT2D eigenvalue weighted by Crippen LogP contribution is -2.23. The maximum atomic E-state index is 12.4. The lowest BCUT2D eigenvalue weighted by atomic mass is 9.79. The van der Waals surface area contributed by atoms with E-state index in [-0.39, 0.29) is 12.5 Å². The maximum absolute atomic E-state index is 12.4. The molecule has 0 radical (unpaired) electrons. The molecule has 0 spiro atoms. The van der Waals surface area contributed by atoms with E-state index in [2.05, 4.69) is 17.4 Å². The van der Waals surface area contributed by atoms with E-state index in [4.69, 9.17) is 0 Å². The molecule has 1 atom stereocenters. The van der Waals surface area contributed by atoms with Gasteiger partial charge in [0.15, 0.2) is 0 Å². The number of alkyl halides is 3. The largest absolute Gasteiger partial charge is 0.389 e. The molecule has 0 heterocycles.